The molecule has 0 unspecified atom stereocenters. The minimum absolute atomic E-state index is 0.0402. The minimum atomic E-state index is -0.833. The summed E-state index contributed by atoms with van der Waals surface area (Å²) in [4.78, 5) is 15.8. The number of fused-ring (bicyclic) bond motifs is 1. The largest absolute Gasteiger partial charge is 0.481 e. The fourth-order valence-corrected chi connectivity index (χ4v) is 4.17. The van der Waals surface area contributed by atoms with Crippen molar-refractivity contribution in [1.29, 1.82) is 0 Å². The highest BCUT2D eigenvalue weighted by atomic mass is 35.5. The van der Waals surface area contributed by atoms with Gasteiger partial charge in [0, 0.05) is 18.5 Å². The number of rotatable bonds is 7. The first-order valence-electron chi connectivity index (χ1n) is 8.86. The number of aliphatic carboxylic acids is 1. The average Bonchev–Trinajstić information content (AvgIpc) is 3.13. The number of carbonyl (C=O) groups is 1. The minimum Gasteiger partial charge on any atom is -0.481 e. The van der Waals surface area contributed by atoms with Crippen LogP contribution in [0.3, 0.4) is 0 Å². The van der Waals surface area contributed by atoms with Crippen molar-refractivity contribution in [2.75, 3.05) is 0 Å². The highest BCUT2D eigenvalue weighted by Crippen LogP contribution is 2.33. The molecule has 2 heterocycles. The monoisotopic (exact) mass is 403 g/mol. The highest BCUT2D eigenvalue weighted by molar-refractivity contribution is 7.19. The zero-order valence-corrected chi connectivity index (χ0v) is 17.1. The van der Waals surface area contributed by atoms with Crippen molar-refractivity contribution in [3.8, 4) is 0 Å². The third-order valence-corrected chi connectivity index (χ3v) is 5.65. The Kier molecular flexibility index (Phi) is 5.97. The smallest absolute Gasteiger partial charge is 0.303 e. The standard InChI is InChI=1S/C20H22ClN3O2S/c1-12(2)11-24-19(21)15(13(3)23-24)10-14(8-9-18(25)26)20-22-16-6-4-5-7-17(16)27-20/h4-7,10,12H,8-9,11H2,1-3H3,(H,25,26)/b14-10+. The van der Waals surface area contributed by atoms with E-state index in [1.807, 2.05) is 37.3 Å². The SMILES string of the molecule is Cc1nn(CC(C)C)c(Cl)c1/C=C(\CCC(=O)O)c1nc2ccccc2s1. The van der Waals surface area contributed by atoms with Crippen LogP contribution in [-0.2, 0) is 11.3 Å². The van der Waals surface area contributed by atoms with Gasteiger partial charge in [0.1, 0.15) is 10.2 Å². The number of aromatic nitrogens is 3. The predicted molar refractivity (Wildman–Crippen MR) is 111 cm³/mol. The molecule has 5 nitrogen and oxygen atoms in total. The Morgan fingerprint density at radius 2 is 2.07 bits per heavy atom. The molecule has 27 heavy (non-hydrogen) atoms. The topological polar surface area (TPSA) is 68.0 Å². The van der Waals surface area contributed by atoms with Crippen LogP contribution in [0, 0.1) is 12.8 Å². The lowest BCUT2D eigenvalue weighted by atomic mass is 10.1. The van der Waals surface area contributed by atoms with E-state index in [0.29, 0.717) is 17.5 Å². The van der Waals surface area contributed by atoms with Crippen LogP contribution in [0.1, 0.15) is 43.0 Å². The second kappa shape index (κ2) is 8.23. The maximum absolute atomic E-state index is 11.1. The van der Waals surface area contributed by atoms with Gasteiger partial charge in [0.15, 0.2) is 0 Å². The average molecular weight is 404 g/mol. The molecule has 0 atom stereocenters. The number of carboxylic acids is 1. The summed E-state index contributed by atoms with van der Waals surface area (Å²) in [6, 6.07) is 7.90. The number of nitrogens with zero attached hydrogens (tertiary/aromatic N) is 3. The van der Waals surface area contributed by atoms with Gasteiger partial charge in [0.2, 0.25) is 0 Å². The highest BCUT2D eigenvalue weighted by Gasteiger charge is 2.16. The lowest BCUT2D eigenvalue weighted by Gasteiger charge is -2.06. The van der Waals surface area contributed by atoms with E-state index in [0.717, 1.165) is 38.6 Å². The van der Waals surface area contributed by atoms with Crippen LogP contribution in [0.15, 0.2) is 24.3 Å². The third kappa shape index (κ3) is 4.57. The zero-order valence-electron chi connectivity index (χ0n) is 15.6. The normalized spacial score (nSPS) is 12.3. The first kappa shape index (κ1) is 19.6. The Morgan fingerprint density at radius 1 is 1.33 bits per heavy atom. The quantitative estimate of drug-likeness (QED) is 0.564. The fourth-order valence-electron chi connectivity index (χ4n) is 2.86. The lowest BCUT2D eigenvalue weighted by Crippen LogP contribution is -2.06. The number of aryl methyl sites for hydroxylation is 1. The fraction of sp³-hybridized carbons (Fsp3) is 0.350. The summed E-state index contributed by atoms with van der Waals surface area (Å²) in [5.41, 5.74) is 3.44. The molecule has 1 N–H and O–H groups in total. The first-order valence-corrected chi connectivity index (χ1v) is 10.1. The number of carboxylic acid groups (broad SMARTS) is 1. The molecule has 0 aliphatic heterocycles. The van der Waals surface area contributed by atoms with Crippen LogP contribution in [0.25, 0.3) is 21.9 Å². The van der Waals surface area contributed by atoms with E-state index in [2.05, 4.69) is 23.9 Å². The van der Waals surface area contributed by atoms with Crippen molar-refractivity contribution in [2.45, 2.75) is 40.2 Å². The summed E-state index contributed by atoms with van der Waals surface area (Å²) in [7, 11) is 0. The summed E-state index contributed by atoms with van der Waals surface area (Å²) < 4.78 is 2.88. The summed E-state index contributed by atoms with van der Waals surface area (Å²) in [6.45, 7) is 6.88. The van der Waals surface area contributed by atoms with E-state index < -0.39 is 5.97 Å². The molecule has 7 heteroatoms. The Balaban J connectivity index is 2.05. The van der Waals surface area contributed by atoms with Gasteiger partial charge in [-0.25, -0.2) is 4.98 Å². The number of halogens is 1. The molecule has 0 aliphatic carbocycles. The van der Waals surface area contributed by atoms with E-state index in [9.17, 15) is 4.79 Å². The Labute approximate surface area is 167 Å². The number of hydrogen-bond acceptors (Lipinski definition) is 4. The molecular weight excluding hydrogens is 382 g/mol. The van der Waals surface area contributed by atoms with Crippen LogP contribution in [0.5, 0.6) is 0 Å². The molecule has 3 rings (SSSR count). The molecule has 142 valence electrons. The molecule has 0 aliphatic rings. The lowest BCUT2D eigenvalue weighted by molar-refractivity contribution is -0.136. The van der Waals surface area contributed by atoms with Gasteiger partial charge in [0.05, 0.1) is 15.9 Å². The van der Waals surface area contributed by atoms with Crippen LogP contribution in [-0.4, -0.2) is 25.8 Å². The summed E-state index contributed by atoms with van der Waals surface area (Å²) in [5, 5.41) is 15.1. The van der Waals surface area contributed by atoms with E-state index in [4.69, 9.17) is 16.7 Å². The van der Waals surface area contributed by atoms with E-state index in [-0.39, 0.29) is 6.42 Å². The second-order valence-corrected chi connectivity index (χ2v) is 8.30. The van der Waals surface area contributed by atoms with Gasteiger partial charge in [-0.05, 0) is 43.0 Å². The number of thiazole rings is 1. The molecule has 3 aromatic rings. The predicted octanol–water partition coefficient (Wildman–Crippen LogP) is 5.52. The van der Waals surface area contributed by atoms with Crippen molar-refractivity contribution in [2.24, 2.45) is 5.92 Å². The van der Waals surface area contributed by atoms with Gasteiger partial charge >= 0.3 is 5.97 Å². The maximum Gasteiger partial charge on any atom is 0.303 e. The number of hydrogen-bond donors (Lipinski definition) is 1. The Hall–Kier alpha value is -2.18. The summed E-state index contributed by atoms with van der Waals surface area (Å²) in [5.74, 6) is -0.408. The van der Waals surface area contributed by atoms with Crippen molar-refractivity contribution >= 4 is 50.8 Å². The molecule has 0 radical (unpaired) electrons. The molecule has 0 saturated carbocycles. The van der Waals surface area contributed by atoms with Gasteiger partial charge in [0.25, 0.3) is 0 Å². The molecule has 0 fully saturated rings. The first-order chi connectivity index (χ1) is 12.8. The zero-order chi connectivity index (χ0) is 19.6. The molecule has 0 saturated heterocycles. The third-order valence-electron chi connectivity index (χ3n) is 4.14. The van der Waals surface area contributed by atoms with Gasteiger partial charge < -0.3 is 5.11 Å². The van der Waals surface area contributed by atoms with Crippen molar-refractivity contribution < 1.29 is 9.90 Å². The van der Waals surface area contributed by atoms with Gasteiger partial charge in [-0.3, -0.25) is 9.48 Å². The van der Waals surface area contributed by atoms with Crippen LogP contribution in [0.2, 0.25) is 5.15 Å². The van der Waals surface area contributed by atoms with Crippen LogP contribution in [0.4, 0.5) is 0 Å². The van der Waals surface area contributed by atoms with E-state index in [1.165, 1.54) is 0 Å². The van der Waals surface area contributed by atoms with Crippen molar-refractivity contribution in [3.05, 3.63) is 45.7 Å². The van der Waals surface area contributed by atoms with Crippen molar-refractivity contribution in [3.63, 3.8) is 0 Å². The Morgan fingerprint density at radius 3 is 2.74 bits per heavy atom. The van der Waals surface area contributed by atoms with Crippen LogP contribution < -0.4 is 0 Å². The summed E-state index contributed by atoms with van der Waals surface area (Å²) >= 11 is 8.13. The number of allylic oxidation sites excluding steroid dienone is 1. The maximum atomic E-state index is 11.1. The number of para-hydroxylation sites is 1. The molecule has 0 amide bonds. The van der Waals surface area contributed by atoms with E-state index in [1.54, 1.807) is 16.0 Å². The molecule has 0 spiro atoms. The molecule has 1 aromatic carbocycles. The molecular formula is C20H22ClN3O2S. The number of benzene rings is 1. The van der Waals surface area contributed by atoms with Gasteiger partial charge in [-0.1, -0.05) is 37.6 Å². The molecule has 2 aromatic heterocycles. The van der Waals surface area contributed by atoms with Gasteiger partial charge in [-0.15, -0.1) is 11.3 Å². The van der Waals surface area contributed by atoms with E-state index >= 15 is 0 Å². The second-order valence-electron chi connectivity index (χ2n) is 6.92. The Bertz CT molecular complexity index is 971. The van der Waals surface area contributed by atoms with Crippen LogP contribution >= 0.6 is 22.9 Å². The van der Waals surface area contributed by atoms with Gasteiger partial charge in [-0.2, -0.15) is 5.10 Å². The summed E-state index contributed by atoms with van der Waals surface area (Å²) in [6.07, 6.45) is 2.38. The molecule has 0 bridgehead atoms. The van der Waals surface area contributed by atoms with Crippen molar-refractivity contribution in [1.82, 2.24) is 14.8 Å².